The summed E-state index contributed by atoms with van der Waals surface area (Å²) in [6.07, 6.45) is 3.08. The number of carbonyl (C=O) groups is 1. The summed E-state index contributed by atoms with van der Waals surface area (Å²) in [5.74, 6) is -2.58. The molecule has 3 aromatic rings. The second-order valence-corrected chi connectivity index (χ2v) is 4.65. The molecular formula is C16H10F2N2O2. The number of rotatable bonds is 3. The van der Waals surface area contributed by atoms with Crippen LogP contribution in [0.1, 0.15) is 21.6 Å². The molecule has 22 heavy (non-hydrogen) atoms. The van der Waals surface area contributed by atoms with E-state index in [0.29, 0.717) is 11.1 Å². The Bertz CT molecular complexity index is 900. The molecule has 1 aromatic heterocycles. The molecule has 0 aliphatic carbocycles. The highest BCUT2D eigenvalue weighted by Gasteiger charge is 2.17. The molecule has 0 saturated carbocycles. The summed E-state index contributed by atoms with van der Waals surface area (Å²) in [7, 11) is 0. The van der Waals surface area contributed by atoms with Crippen LogP contribution in [-0.4, -0.2) is 21.3 Å². The first-order chi connectivity index (χ1) is 10.6. The monoisotopic (exact) mass is 300 g/mol. The predicted molar refractivity (Wildman–Crippen MR) is 78.3 cm³/mol. The van der Waals surface area contributed by atoms with E-state index in [0.717, 1.165) is 0 Å². The highest BCUT2D eigenvalue weighted by Crippen LogP contribution is 2.24. The smallest absolute Gasteiger partial charge is 0.338 e. The van der Waals surface area contributed by atoms with Gasteiger partial charge in [0.1, 0.15) is 11.6 Å². The van der Waals surface area contributed by atoms with Crippen LogP contribution in [0, 0.1) is 11.6 Å². The van der Waals surface area contributed by atoms with Crippen LogP contribution in [0.3, 0.4) is 0 Å². The van der Waals surface area contributed by atoms with E-state index >= 15 is 0 Å². The zero-order chi connectivity index (χ0) is 15.7. The maximum absolute atomic E-state index is 14.3. The van der Waals surface area contributed by atoms with Crippen molar-refractivity contribution in [1.29, 1.82) is 0 Å². The van der Waals surface area contributed by atoms with Gasteiger partial charge < -0.3 is 5.11 Å². The number of nitrogens with one attached hydrogen (secondary N) is 1. The third kappa shape index (κ3) is 2.46. The van der Waals surface area contributed by atoms with Crippen LogP contribution < -0.4 is 0 Å². The van der Waals surface area contributed by atoms with E-state index in [1.807, 2.05) is 0 Å². The van der Waals surface area contributed by atoms with E-state index in [1.165, 1.54) is 30.3 Å². The van der Waals surface area contributed by atoms with Crippen LogP contribution in [0.2, 0.25) is 0 Å². The minimum atomic E-state index is -1.35. The SMILES string of the molecule is O=C(O)c1ccc2[nH]nc(/C=C/c3cccc(F)c3)c2c1F. The Kier molecular flexibility index (Phi) is 3.42. The van der Waals surface area contributed by atoms with Crippen molar-refractivity contribution in [3.63, 3.8) is 0 Å². The van der Waals surface area contributed by atoms with Crippen molar-refractivity contribution in [1.82, 2.24) is 10.2 Å². The molecule has 0 aliphatic heterocycles. The Labute approximate surface area is 123 Å². The molecule has 0 saturated heterocycles. The lowest BCUT2D eigenvalue weighted by Crippen LogP contribution is -2.00. The van der Waals surface area contributed by atoms with Crippen LogP contribution >= 0.6 is 0 Å². The van der Waals surface area contributed by atoms with Gasteiger partial charge in [0.25, 0.3) is 0 Å². The number of carboxylic acids is 1. The number of hydrogen-bond acceptors (Lipinski definition) is 2. The fourth-order valence-electron chi connectivity index (χ4n) is 2.17. The molecular weight excluding hydrogens is 290 g/mol. The zero-order valence-electron chi connectivity index (χ0n) is 11.2. The second-order valence-electron chi connectivity index (χ2n) is 4.65. The molecule has 0 bridgehead atoms. The van der Waals surface area contributed by atoms with E-state index in [-0.39, 0.29) is 16.9 Å². The van der Waals surface area contributed by atoms with Crippen molar-refractivity contribution in [3.8, 4) is 0 Å². The summed E-state index contributed by atoms with van der Waals surface area (Å²) in [6, 6.07) is 8.52. The van der Waals surface area contributed by atoms with Gasteiger partial charge in [-0.25, -0.2) is 13.6 Å². The van der Waals surface area contributed by atoms with Gasteiger partial charge in [0.15, 0.2) is 0 Å². The van der Waals surface area contributed by atoms with Gasteiger partial charge in [-0.05, 0) is 35.9 Å². The van der Waals surface area contributed by atoms with Crippen LogP contribution in [-0.2, 0) is 0 Å². The summed E-state index contributed by atoms with van der Waals surface area (Å²) < 4.78 is 27.4. The number of nitrogens with zero attached hydrogens (tertiary/aromatic N) is 1. The van der Waals surface area contributed by atoms with Gasteiger partial charge in [-0.2, -0.15) is 5.10 Å². The predicted octanol–water partition coefficient (Wildman–Crippen LogP) is 3.71. The fraction of sp³-hybridized carbons (Fsp3) is 0. The van der Waals surface area contributed by atoms with E-state index in [4.69, 9.17) is 5.11 Å². The van der Waals surface area contributed by atoms with Crippen molar-refractivity contribution in [3.05, 3.63) is 64.9 Å². The van der Waals surface area contributed by atoms with Gasteiger partial charge in [-0.1, -0.05) is 18.2 Å². The minimum absolute atomic E-state index is 0.0903. The number of hydrogen-bond donors (Lipinski definition) is 2. The molecule has 0 amide bonds. The first-order valence-electron chi connectivity index (χ1n) is 6.40. The molecule has 3 rings (SSSR count). The normalized spacial score (nSPS) is 11.4. The average Bonchev–Trinajstić information content (AvgIpc) is 2.89. The summed E-state index contributed by atoms with van der Waals surface area (Å²) in [4.78, 5) is 11.0. The minimum Gasteiger partial charge on any atom is -0.478 e. The maximum atomic E-state index is 14.3. The quantitative estimate of drug-likeness (QED) is 0.775. The largest absolute Gasteiger partial charge is 0.478 e. The van der Waals surface area contributed by atoms with Crippen molar-refractivity contribution >= 4 is 29.0 Å². The van der Waals surface area contributed by atoms with Gasteiger partial charge in [-0.15, -0.1) is 0 Å². The van der Waals surface area contributed by atoms with Crippen molar-refractivity contribution in [2.75, 3.05) is 0 Å². The molecule has 0 fully saturated rings. The first kappa shape index (κ1) is 13.9. The topological polar surface area (TPSA) is 66.0 Å². The summed E-state index contributed by atoms with van der Waals surface area (Å²) in [6.45, 7) is 0. The summed E-state index contributed by atoms with van der Waals surface area (Å²) in [5.41, 5.74) is 0.807. The van der Waals surface area contributed by atoms with Crippen LogP contribution in [0.5, 0.6) is 0 Å². The number of aromatic amines is 1. The highest BCUT2D eigenvalue weighted by molar-refractivity contribution is 5.97. The Balaban J connectivity index is 2.08. The maximum Gasteiger partial charge on any atom is 0.338 e. The standard InChI is InChI=1S/C16H10F2N2O2/c17-10-3-1-2-9(8-10)4-6-12-14-13(20-19-12)7-5-11(15(14)18)16(21)22/h1-8H,(H,19,20)(H,21,22)/b6-4+. The summed E-state index contributed by atoms with van der Waals surface area (Å²) >= 11 is 0. The molecule has 110 valence electrons. The first-order valence-corrected chi connectivity index (χ1v) is 6.40. The molecule has 0 spiro atoms. The van der Waals surface area contributed by atoms with Crippen LogP contribution in [0.15, 0.2) is 36.4 Å². The highest BCUT2D eigenvalue weighted by atomic mass is 19.1. The van der Waals surface area contributed by atoms with E-state index < -0.39 is 17.3 Å². The molecule has 1 heterocycles. The Hall–Kier alpha value is -3.02. The van der Waals surface area contributed by atoms with Crippen LogP contribution in [0.25, 0.3) is 23.1 Å². The lowest BCUT2D eigenvalue weighted by Gasteiger charge is -1.99. The lowest BCUT2D eigenvalue weighted by molar-refractivity contribution is 0.0692. The number of aromatic carboxylic acids is 1. The Morgan fingerprint density at radius 3 is 2.73 bits per heavy atom. The molecule has 6 heteroatoms. The van der Waals surface area contributed by atoms with E-state index in [2.05, 4.69) is 10.2 Å². The number of carboxylic acid groups (broad SMARTS) is 1. The lowest BCUT2D eigenvalue weighted by atomic mass is 10.1. The van der Waals surface area contributed by atoms with E-state index in [1.54, 1.807) is 18.2 Å². The number of fused-ring (bicyclic) bond motifs is 1. The zero-order valence-corrected chi connectivity index (χ0v) is 11.2. The molecule has 4 nitrogen and oxygen atoms in total. The third-order valence-electron chi connectivity index (χ3n) is 3.21. The van der Waals surface area contributed by atoms with Gasteiger partial charge in [-0.3, -0.25) is 5.10 Å². The van der Waals surface area contributed by atoms with Crippen molar-refractivity contribution in [2.45, 2.75) is 0 Å². The van der Waals surface area contributed by atoms with Gasteiger partial charge in [0, 0.05) is 0 Å². The average molecular weight is 300 g/mol. The third-order valence-corrected chi connectivity index (χ3v) is 3.21. The molecule has 2 aromatic carbocycles. The number of H-pyrrole nitrogens is 1. The molecule has 0 atom stereocenters. The number of aromatic nitrogens is 2. The fourth-order valence-corrected chi connectivity index (χ4v) is 2.17. The van der Waals surface area contributed by atoms with Gasteiger partial charge in [0.2, 0.25) is 0 Å². The van der Waals surface area contributed by atoms with Crippen LogP contribution in [0.4, 0.5) is 8.78 Å². The molecule has 0 radical (unpaired) electrons. The number of benzene rings is 2. The number of halogens is 2. The molecule has 0 aliphatic rings. The second kappa shape index (κ2) is 5.40. The van der Waals surface area contributed by atoms with Gasteiger partial charge in [0.05, 0.1) is 22.2 Å². The Morgan fingerprint density at radius 2 is 2.00 bits per heavy atom. The van der Waals surface area contributed by atoms with Crippen molar-refractivity contribution in [2.24, 2.45) is 0 Å². The van der Waals surface area contributed by atoms with E-state index in [9.17, 15) is 13.6 Å². The molecule has 0 unspecified atom stereocenters. The summed E-state index contributed by atoms with van der Waals surface area (Å²) in [5, 5.41) is 15.6. The Morgan fingerprint density at radius 1 is 1.18 bits per heavy atom. The van der Waals surface area contributed by atoms with Gasteiger partial charge >= 0.3 is 5.97 Å². The molecule has 2 N–H and O–H groups in total. The van der Waals surface area contributed by atoms with Crippen molar-refractivity contribution < 1.29 is 18.7 Å².